The summed E-state index contributed by atoms with van der Waals surface area (Å²) < 4.78 is 3.44. The molecule has 0 atom stereocenters. The highest BCUT2D eigenvalue weighted by Crippen LogP contribution is 2.37. The number of fused-ring (bicyclic) bond motifs is 2. The molecule has 31 heavy (non-hydrogen) atoms. The summed E-state index contributed by atoms with van der Waals surface area (Å²) in [6.45, 7) is 0.201. The Morgan fingerprint density at radius 2 is 1.97 bits per heavy atom. The maximum Gasteiger partial charge on any atom is 0.272 e. The van der Waals surface area contributed by atoms with E-state index in [0.717, 1.165) is 33.3 Å². The first-order valence-corrected chi connectivity index (χ1v) is 9.62. The second kappa shape index (κ2) is 6.90. The van der Waals surface area contributed by atoms with Gasteiger partial charge in [0, 0.05) is 48.7 Å². The summed E-state index contributed by atoms with van der Waals surface area (Å²) in [6.07, 6.45) is 3.60. The molecule has 5 aromatic rings. The van der Waals surface area contributed by atoms with Crippen molar-refractivity contribution < 1.29 is 0 Å². The fraction of sp³-hybridized carbons (Fsp3) is 0.136. The molecule has 0 spiro atoms. The van der Waals surface area contributed by atoms with Crippen LogP contribution >= 0.6 is 0 Å². The van der Waals surface area contributed by atoms with E-state index in [-0.39, 0.29) is 12.1 Å². The molecule has 0 saturated heterocycles. The highest BCUT2D eigenvalue weighted by molar-refractivity contribution is 5.96. The third-order valence-electron chi connectivity index (χ3n) is 5.48. The maximum atomic E-state index is 12.2. The molecule has 0 aliphatic rings. The van der Waals surface area contributed by atoms with Crippen LogP contribution in [0.4, 0.5) is 0 Å². The van der Waals surface area contributed by atoms with E-state index in [4.69, 9.17) is 5.73 Å². The van der Waals surface area contributed by atoms with Crippen molar-refractivity contribution in [3.63, 3.8) is 0 Å². The number of hydrogen-bond acceptors (Lipinski definition) is 6. The molecule has 3 aromatic heterocycles. The number of rotatable bonds is 3. The van der Waals surface area contributed by atoms with Crippen LogP contribution < -0.4 is 11.3 Å². The van der Waals surface area contributed by atoms with Gasteiger partial charge in [-0.3, -0.25) is 14.2 Å². The fourth-order valence-corrected chi connectivity index (χ4v) is 4.04. The van der Waals surface area contributed by atoms with Gasteiger partial charge in [0.25, 0.3) is 5.56 Å². The highest BCUT2D eigenvalue weighted by atomic mass is 16.1. The van der Waals surface area contributed by atoms with Crippen LogP contribution in [0.5, 0.6) is 0 Å². The maximum absolute atomic E-state index is 12.2. The highest BCUT2D eigenvalue weighted by Gasteiger charge is 2.20. The molecular formula is C22H18N8O. The van der Waals surface area contributed by atoms with E-state index < -0.39 is 0 Å². The lowest BCUT2D eigenvalue weighted by atomic mass is 9.95. The molecule has 0 fully saturated rings. The first-order chi connectivity index (χ1) is 15.0. The largest absolute Gasteiger partial charge is 0.325 e. The predicted octanol–water partition coefficient (Wildman–Crippen LogP) is 2.21. The van der Waals surface area contributed by atoms with Crippen LogP contribution in [0.1, 0.15) is 11.3 Å². The Kier molecular flexibility index (Phi) is 4.16. The average Bonchev–Trinajstić information content (AvgIpc) is 3.34. The van der Waals surface area contributed by atoms with Crippen LogP contribution in [0.3, 0.4) is 0 Å². The number of benzene rings is 2. The summed E-state index contributed by atoms with van der Waals surface area (Å²) in [5.74, 6) is 0. The summed E-state index contributed by atoms with van der Waals surface area (Å²) in [7, 11) is 3.67. The standard InChI is InChI=1S/C22H18N8O/c1-29-11-18-16(8-23)13(5-6-19(18)28-29)21-17(10-25-30(21)2)12-3-4-14-15(7-12)20(9-24)26-27-22(14)31/h3-7,10-11H,9,24H2,1-2H3,(H,27,31). The zero-order chi connectivity index (χ0) is 21.7. The molecule has 9 nitrogen and oxygen atoms in total. The van der Waals surface area contributed by atoms with Gasteiger partial charge in [0.15, 0.2) is 0 Å². The van der Waals surface area contributed by atoms with Crippen LogP contribution in [0, 0.1) is 11.3 Å². The number of H-pyrrole nitrogens is 1. The van der Waals surface area contributed by atoms with Crippen molar-refractivity contribution in [1.29, 1.82) is 5.26 Å². The van der Waals surface area contributed by atoms with Crippen molar-refractivity contribution in [2.24, 2.45) is 19.8 Å². The van der Waals surface area contributed by atoms with Crippen LogP contribution in [-0.4, -0.2) is 29.8 Å². The molecule has 0 aliphatic carbocycles. The monoisotopic (exact) mass is 410 g/mol. The summed E-state index contributed by atoms with van der Waals surface area (Å²) in [5.41, 5.74) is 10.7. The molecule has 5 rings (SSSR count). The van der Waals surface area contributed by atoms with Crippen molar-refractivity contribution in [2.45, 2.75) is 6.54 Å². The lowest BCUT2D eigenvalue weighted by Crippen LogP contribution is -2.13. The summed E-state index contributed by atoms with van der Waals surface area (Å²) >= 11 is 0. The zero-order valence-electron chi connectivity index (χ0n) is 16.9. The van der Waals surface area contributed by atoms with Gasteiger partial charge in [-0.15, -0.1) is 0 Å². The molecule has 3 heterocycles. The minimum absolute atomic E-state index is 0.201. The molecule has 152 valence electrons. The second-order valence-electron chi connectivity index (χ2n) is 7.33. The first kappa shape index (κ1) is 18.7. The molecule has 0 radical (unpaired) electrons. The van der Waals surface area contributed by atoms with Gasteiger partial charge >= 0.3 is 0 Å². The van der Waals surface area contributed by atoms with Gasteiger partial charge in [-0.05, 0) is 29.8 Å². The minimum Gasteiger partial charge on any atom is -0.325 e. The third kappa shape index (κ3) is 2.81. The fourth-order valence-electron chi connectivity index (χ4n) is 4.04. The van der Waals surface area contributed by atoms with Crippen molar-refractivity contribution in [3.05, 3.63) is 64.3 Å². The van der Waals surface area contributed by atoms with Gasteiger partial charge in [-0.1, -0.05) is 6.07 Å². The molecule has 0 saturated carbocycles. The van der Waals surface area contributed by atoms with E-state index in [1.807, 2.05) is 44.6 Å². The smallest absolute Gasteiger partial charge is 0.272 e. The van der Waals surface area contributed by atoms with Crippen LogP contribution in [-0.2, 0) is 20.6 Å². The SMILES string of the molecule is Cn1cc2c(C#N)c(-c3c(-c4ccc5c(=O)[nH]nc(CN)c5c4)cnn3C)ccc2n1. The molecular weight excluding hydrogens is 392 g/mol. The number of aromatic nitrogens is 6. The topological polar surface area (TPSA) is 131 Å². The molecule has 9 heteroatoms. The Hall–Kier alpha value is -4.29. The van der Waals surface area contributed by atoms with Crippen LogP contribution in [0.15, 0.2) is 47.5 Å². The van der Waals surface area contributed by atoms with Crippen molar-refractivity contribution >= 4 is 21.7 Å². The van der Waals surface area contributed by atoms with Crippen molar-refractivity contribution in [1.82, 2.24) is 29.8 Å². The quantitative estimate of drug-likeness (QED) is 0.469. The van der Waals surface area contributed by atoms with Gasteiger partial charge in [-0.25, -0.2) is 5.10 Å². The predicted molar refractivity (Wildman–Crippen MR) is 117 cm³/mol. The molecule has 0 unspecified atom stereocenters. The number of nitrogens with zero attached hydrogens (tertiary/aromatic N) is 6. The van der Waals surface area contributed by atoms with Gasteiger partial charge in [0.2, 0.25) is 0 Å². The number of aryl methyl sites for hydroxylation is 2. The minimum atomic E-state index is -0.265. The normalized spacial score (nSPS) is 11.3. The number of nitrogens with one attached hydrogen (secondary N) is 1. The Bertz CT molecular complexity index is 1580. The number of nitriles is 1. The lowest BCUT2D eigenvalue weighted by molar-refractivity contribution is 0.776. The van der Waals surface area contributed by atoms with E-state index in [2.05, 4.69) is 26.5 Å². The Morgan fingerprint density at radius 3 is 2.74 bits per heavy atom. The molecule has 3 N–H and O–H groups in total. The van der Waals surface area contributed by atoms with Gasteiger partial charge in [0.1, 0.15) is 6.07 Å². The second-order valence-corrected chi connectivity index (χ2v) is 7.33. The Balaban J connectivity index is 1.78. The van der Waals surface area contributed by atoms with Crippen molar-refractivity contribution in [3.8, 4) is 28.5 Å². The average molecular weight is 410 g/mol. The van der Waals surface area contributed by atoms with Gasteiger partial charge in [0.05, 0.1) is 34.1 Å². The molecule has 0 bridgehead atoms. The van der Waals surface area contributed by atoms with Crippen LogP contribution in [0.2, 0.25) is 0 Å². The number of aromatic amines is 1. The Morgan fingerprint density at radius 1 is 1.13 bits per heavy atom. The molecule has 0 aliphatic heterocycles. The van der Waals surface area contributed by atoms with Gasteiger partial charge in [-0.2, -0.15) is 20.6 Å². The molecule has 2 aromatic carbocycles. The Labute approximate surface area is 176 Å². The van der Waals surface area contributed by atoms with E-state index >= 15 is 0 Å². The van der Waals surface area contributed by atoms with Crippen LogP contribution in [0.25, 0.3) is 44.1 Å². The summed E-state index contributed by atoms with van der Waals surface area (Å²) in [6, 6.07) is 11.7. The van der Waals surface area contributed by atoms with Gasteiger partial charge < -0.3 is 5.73 Å². The molecule has 0 amide bonds. The number of nitrogens with two attached hydrogens (primary N) is 1. The summed E-state index contributed by atoms with van der Waals surface area (Å²) in [4.78, 5) is 12.2. The van der Waals surface area contributed by atoms with E-state index in [1.165, 1.54) is 0 Å². The first-order valence-electron chi connectivity index (χ1n) is 9.62. The van der Waals surface area contributed by atoms with E-state index in [1.54, 1.807) is 21.6 Å². The number of hydrogen-bond donors (Lipinski definition) is 2. The van der Waals surface area contributed by atoms with E-state index in [0.29, 0.717) is 22.0 Å². The zero-order valence-corrected chi connectivity index (χ0v) is 16.9. The third-order valence-corrected chi connectivity index (χ3v) is 5.48. The van der Waals surface area contributed by atoms with Crippen molar-refractivity contribution in [2.75, 3.05) is 0 Å². The lowest BCUT2D eigenvalue weighted by Gasteiger charge is -2.10. The summed E-state index contributed by atoms with van der Waals surface area (Å²) in [5, 5.41) is 27.4. The van der Waals surface area contributed by atoms with E-state index in [9.17, 15) is 10.1 Å².